The summed E-state index contributed by atoms with van der Waals surface area (Å²) in [6.45, 7) is 6.15. The second-order valence-corrected chi connectivity index (χ2v) is 5.32. The average Bonchev–Trinajstić information content (AvgIpc) is 2.35. The first-order valence-corrected chi connectivity index (χ1v) is 6.41. The average molecular weight is 234 g/mol. The van der Waals surface area contributed by atoms with Gasteiger partial charge < -0.3 is 9.84 Å². The minimum absolute atomic E-state index is 0.0368. The van der Waals surface area contributed by atoms with E-state index >= 15 is 0 Å². The molecule has 0 unspecified atom stereocenters. The summed E-state index contributed by atoms with van der Waals surface area (Å²) in [5.41, 5.74) is 4.12. The van der Waals surface area contributed by atoms with Gasteiger partial charge in [0, 0.05) is 25.2 Å². The Kier molecular flexibility index (Phi) is 3.85. The van der Waals surface area contributed by atoms with Gasteiger partial charge in [-0.15, -0.1) is 0 Å². The van der Waals surface area contributed by atoms with Crippen LogP contribution in [-0.2, 0) is 11.2 Å². The fraction of sp³-hybridized carbons (Fsp3) is 0.600. The number of hydrogen-bond donors (Lipinski definition) is 1. The Labute approximate surface area is 104 Å². The molecular formula is C15H22O2. The summed E-state index contributed by atoms with van der Waals surface area (Å²) in [6.07, 6.45) is 2.92. The van der Waals surface area contributed by atoms with Gasteiger partial charge in [-0.25, -0.2) is 0 Å². The second-order valence-electron chi connectivity index (χ2n) is 5.32. The van der Waals surface area contributed by atoms with Crippen molar-refractivity contribution in [1.82, 2.24) is 0 Å². The highest BCUT2D eigenvalue weighted by Crippen LogP contribution is 2.35. The third kappa shape index (κ3) is 2.70. The summed E-state index contributed by atoms with van der Waals surface area (Å²) < 4.78 is 5.41. The van der Waals surface area contributed by atoms with E-state index in [-0.39, 0.29) is 12.0 Å². The van der Waals surface area contributed by atoms with Crippen LogP contribution in [0.2, 0.25) is 0 Å². The van der Waals surface area contributed by atoms with Crippen LogP contribution in [-0.4, -0.2) is 24.9 Å². The van der Waals surface area contributed by atoms with Crippen molar-refractivity contribution in [3.63, 3.8) is 0 Å². The lowest BCUT2D eigenvalue weighted by atomic mass is 9.74. The van der Waals surface area contributed by atoms with Gasteiger partial charge in [0.1, 0.15) is 0 Å². The van der Waals surface area contributed by atoms with E-state index in [2.05, 4.69) is 32.0 Å². The molecule has 17 heavy (non-hydrogen) atoms. The summed E-state index contributed by atoms with van der Waals surface area (Å²) in [6, 6.07) is 6.42. The monoisotopic (exact) mass is 234 g/mol. The van der Waals surface area contributed by atoms with Crippen molar-refractivity contribution < 1.29 is 9.84 Å². The first kappa shape index (κ1) is 12.6. The van der Waals surface area contributed by atoms with Crippen LogP contribution in [0.15, 0.2) is 18.2 Å². The fourth-order valence-corrected chi connectivity index (χ4v) is 2.70. The Hall–Kier alpha value is -0.860. The van der Waals surface area contributed by atoms with Crippen LogP contribution in [0.5, 0.6) is 0 Å². The Balaban J connectivity index is 2.23. The first-order valence-electron chi connectivity index (χ1n) is 6.41. The molecule has 1 fully saturated rings. The smallest absolute Gasteiger partial charge is 0.0492 e. The van der Waals surface area contributed by atoms with Crippen LogP contribution < -0.4 is 0 Å². The predicted molar refractivity (Wildman–Crippen MR) is 69.2 cm³/mol. The highest BCUT2D eigenvalue weighted by molar-refractivity contribution is 5.34. The lowest BCUT2D eigenvalue weighted by Crippen LogP contribution is -2.35. The highest BCUT2D eigenvalue weighted by atomic mass is 16.5. The molecule has 1 aromatic carbocycles. The van der Waals surface area contributed by atoms with Crippen molar-refractivity contribution in [3.05, 3.63) is 34.9 Å². The topological polar surface area (TPSA) is 29.5 Å². The minimum Gasteiger partial charge on any atom is -0.396 e. The van der Waals surface area contributed by atoms with Gasteiger partial charge >= 0.3 is 0 Å². The molecule has 1 N–H and O–H groups in total. The normalized spacial score (nSPS) is 19.2. The minimum atomic E-state index is 0.0368. The van der Waals surface area contributed by atoms with E-state index in [0.717, 1.165) is 32.5 Å². The zero-order valence-corrected chi connectivity index (χ0v) is 10.8. The molecular weight excluding hydrogens is 212 g/mol. The van der Waals surface area contributed by atoms with Crippen molar-refractivity contribution in [3.8, 4) is 0 Å². The molecule has 2 heteroatoms. The molecule has 94 valence electrons. The van der Waals surface area contributed by atoms with E-state index in [9.17, 15) is 5.11 Å². The maximum absolute atomic E-state index is 9.73. The van der Waals surface area contributed by atoms with Gasteiger partial charge in [-0.1, -0.05) is 18.2 Å². The molecule has 1 saturated heterocycles. The van der Waals surface area contributed by atoms with Crippen molar-refractivity contribution in [2.24, 2.45) is 5.41 Å². The summed E-state index contributed by atoms with van der Waals surface area (Å²) in [4.78, 5) is 0. The molecule has 1 heterocycles. The molecule has 0 bridgehead atoms. The van der Waals surface area contributed by atoms with E-state index in [4.69, 9.17) is 4.74 Å². The molecule has 0 radical (unpaired) electrons. The Morgan fingerprint density at radius 1 is 1.18 bits per heavy atom. The van der Waals surface area contributed by atoms with Crippen molar-refractivity contribution in [2.75, 3.05) is 19.8 Å². The molecule has 0 atom stereocenters. The number of aliphatic hydroxyl groups is 1. The molecule has 1 aromatic rings. The molecule has 0 spiro atoms. The van der Waals surface area contributed by atoms with Crippen LogP contribution in [0.3, 0.4) is 0 Å². The molecule has 2 nitrogen and oxygen atoms in total. The first-order chi connectivity index (χ1) is 8.17. The molecule has 0 saturated carbocycles. The van der Waals surface area contributed by atoms with E-state index in [0.29, 0.717) is 0 Å². The Bertz CT molecular complexity index is 358. The quantitative estimate of drug-likeness (QED) is 0.871. The van der Waals surface area contributed by atoms with Gasteiger partial charge in [-0.05, 0) is 49.8 Å². The Morgan fingerprint density at radius 3 is 2.29 bits per heavy atom. The Morgan fingerprint density at radius 2 is 1.76 bits per heavy atom. The van der Waals surface area contributed by atoms with Gasteiger partial charge in [0.05, 0.1) is 0 Å². The van der Waals surface area contributed by atoms with E-state index in [1.165, 1.54) is 16.7 Å². The van der Waals surface area contributed by atoms with Crippen molar-refractivity contribution >= 4 is 0 Å². The summed E-state index contributed by atoms with van der Waals surface area (Å²) in [5, 5.41) is 9.73. The van der Waals surface area contributed by atoms with Crippen LogP contribution >= 0.6 is 0 Å². The third-order valence-electron chi connectivity index (χ3n) is 4.09. The summed E-state index contributed by atoms with van der Waals surface area (Å²) >= 11 is 0. The van der Waals surface area contributed by atoms with Gasteiger partial charge in [0.2, 0.25) is 0 Å². The largest absolute Gasteiger partial charge is 0.396 e. The maximum atomic E-state index is 9.73. The van der Waals surface area contributed by atoms with E-state index in [1.807, 2.05) is 0 Å². The second kappa shape index (κ2) is 5.19. The van der Waals surface area contributed by atoms with Gasteiger partial charge in [0.25, 0.3) is 0 Å². The lowest BCUT2D eigenvalue weighted by Gasteiger charge is -2.36. The molecule has 0 amide bonds. The predicted octanol–water partition coefficient (Wildman–Crippen LogP) is 2.64. The zero-order chi connectivity index (χ0) is 12.3. The van der Waals surface area contributed by atoms with E-state index < -0.39 is 0 Å². The number of ether oxygens (including phenoxy) is 1. The lowest BCUT2D eigenvalue weighted by molar-refractivity contribution is -0.0159. The van der Waals surface area contributed by atoms with Crippen molar-refractivity contribution in [2.45, 2.75) is 33.1 Å². The number of aryl methyl sites for hydroxylation is 2. The SMILES string of the molecule is Cc1cccc(C)c1CC1(CO)CCOCC1. The van der Waals surface area contributed by atoms with Gasteiger partial charge in [-0.2, -0.15) is 0 Å². The van der Waals surface area contributed by atoms with Crippen LogP contribution in [0, 0.1) is 19.3 Å². The number of benzene rings is 1. The fourth-order valence-electron chi connectivity index (χ4n) is 2.70. The number of aliphatic hydroxyl groups excluding tert-OH is 1. The molecule has 1 aliphatic rings. The van der Waals surface area contributed by atoms with Crippen LogP contribution in [0.1, 0.15) is 29.5 Å². The number of rotatable bonds is 3. The highest BCUT2D eigenvalue weighted by Gasteiger charge is 2.32. The molecule has 0 aliphatic carbocycles. The maximum Gasteiger partial charge on any atom is 0.0492 e. The standard InChI is InChI=1S/C15H22O2/c1-12-4-3-5-13(2)14(12)10-15(11-16)6-8-17-9-7-15/h3-5,16H,6-11H2,1-2H3. The third-order valence-corrected chi connectivity index (χ3v) is 4.09. The van der Waals surface area contributed by atoms with Crippen molar-refractivity contribution in [1.29, 1.82) is 0 Å². The molecule has 2 rings (SSSR count). The summed E-state index contributed by atoms with van der Waals surface area (Å²) in [5.74, 6) is 0. The van der Waals surface area contributed by atoms with Crippen LogP contribution in [0.25, 0.3) is 0 Å². The summed E-state index contributed by atoms with van der Waals surface area (Å²) in [7, 11) is 0. The number of hydrogen-bond acceptors (Lipinski definition) is 2. The van der Waals surface area contributed by atoms with Gasteiger partial charge in [-0.3, -0.25) is 0 Å². The van der Waals surface area contributed by atoms with E-state index in [1.54, 1.807) is 0 Å². The molecule has 1 aliphatic heterocycles. The molecule has 0 aromatic heterocycles. The zero-order valence-electron chi connectivity index (χ0n) is 10.8. The van der Waals surface area contributed by atoms with Gasteiger partial charge in [0.15, 0.2) is 0 Å². The van der Waals surface area contributed by atoms with Crippen LogP contribution in [0.4, 0.5) is 0 Å².